The summed E-state index contributed by atoms with van der Waals surface area (Å²) in [5.41, 5.74) is 22.8. The van der Waals surface area contributed by atoms with E-state index in [1.165, 1.54) is 123 Å². The van der Waals surface area contributed by atoms with Gasteiger partial charge in [0.05, 0.1) is 11.4 Å². The SMILES string of the molecule is CC(C)(C)C1=CC2=C(CC1)N(c1ccc(-c3ccccc3)cc1)c1cccc3c1B2c1sc2cc4c(cc2c1N3c1cc(-c2ccccc2)ccc1-c1ccccc1)C(C)(C)CCC4(C)C. The molecule has 8 aromatic rings. The molecule has 2 nitrogen and oxygen atoms in total. The Bertz CT molecular complexity index is 3280. The molecule has 0 spiro atoms. The number of fused-ring (bicyclic) bond motifs is 6. The standard InChI is InChI=1S/C62H57BN2S/c1-60(2,3)45-29-33-52-51(37-45)63-57-53(64(52)46-30-26-42(27-31-46)40-18-11-8-12-19-40)24-17-25-54(57)65(55-36-44(41-20-13-9-14-21-41)28-32-47(55)43-22-15-10-16-23-43)58-48-38-49-50(39-56(48)66-59(58)63)62(6,7)35-34-61(49,4)5/h8-28,30-32,36-39H,29,33-35H2,1-7H3. The van der Waals surface area contributed by atoms with E-state index in [-0.39, 0.29) is 23.0 Å². The molecule has 3 heterocycles. The Morgan fingerprint density at radius 3 is 1.73 bits per heavy atom. The topological polar surface area (TPSA) is 6.48 Å². The minimum atomic E-state index is 0.0584. The number of allylic oxidation sites excluding steroid dienone is 4. The van der Waals surface area contributed by atoms with Crippen LogP contribution < -0.4 is 20.0 Å². The second-order valence-electron chi connectivity index (χ2n) is 21.5. The van der Waals surface area contributed by atoms with Crippen LogP contribution in [0.5, 0.6) is 0 Å². The van der Waals surface area contributed by atoms with Crippen molar-refractivity contribution >= 4 is 66.8 Å². The molecule has 1 aromatic heterocycles. The molecular weight excluding hydrogens is 816 g/mol. The van der Waals surface area contributed by atoms with Gasteiger partial charge >= 0.3 is 0 Å². The highest BCUT2D eigenvalue weighted by atomic mass is 32.1. The van der Waals surface area contributed by atoms with E-state index in [0.29, 0.717) is 0 Å². The lowest BCUT2D eigenvalue weighted by Crippen LogP contribution is -2.55. The number of hydrogen-bond donors (Lipinski definition) is 0. The normalized spacial score (nSPS) is 17.0. The summed E-state index contributed by atoms with van der Waals surface area (Å²) in [4.78, 5) is 5.33. The fourth-order valence-electron chi connectivity index (χ4n) is 11.7. The third kappa shape index (κ3) is 6.50. The van der Waals surface area contributed by atoms with Gasteiger partial charge in [0.25, 0.3) is 6.71 Å². The van der Waals surface area contributed by atoms with Crippen molar-refractivity contribution in [2.24, 2.45) is 5.41 Å². The van der Waals surface area contributed by atoms with Gasteiger partial charge in [0, 0.05) is 43.2 Å². The lowest BCUT2D eigenvalue weighted by molar-refractivity contribution is 0.332. The van der Waals surface area contributed by atoms with Gasteiger partial charge in [-0.25, -0.2) is 0 Å². The zero-order valence-electron chi connectivity index (χ0n) is 39.4. The van der Waals surface area contributed by atoms with Crippen molar-refractivity contribution in [1.29, 1.82) is 0 Å². The number of nitrogens with zero attached hydrogens (tertiary/aromatic N) is 2. The molecule has 0 radical (unpaired) electrons. The smallest absolute Gasteiger partial charge is 0.264 e. The Morgan fingerprint density at radius 2 is 1.09 bits per heavy atom. The van der Waals surface area contributed by atoms with Crippen molar-refractivity contribution in [2.45, 2.75) is 85.0 Å². The first-order valence-corrected chi connectivity index (χ1v) is 24.9. The van der Waals surface area contributed by atoms with E-state index in [9.17, 15) is 0 Å². The molecule has 66 heavy (non-hydrogen) atoms. The largest absolute Gasteiger partial charge is 0.315 e. The molecule has 7 aromatic carbocycles. The molecule has 0 unspecified atom stereocenters. The second-order valence-corrected chi connectivity index (χ2v) is 22.6. The maximum atomic E-state index is 2.70. The Morgan fingerprint density at radius 1 is 0.530 bits per heavy atom. The first-order chi connectivity index (χ1) is 31.9. The van der Waals surface area contributed by atoms with Crippen LogP contribution in [-0.2, 0) is 10.8 Å². The van der Waals surface area contributed by atoms with Crippen molar-refractivity contribution in [2.75, 3.05) is 9.80 Å². The number of hydrogen-bond acceptors (Lipinski definition) is 3. The molecule has 12 rings (SSSR count). The van der Waals surface area contributed by atoms with Gasteiger partial charge in [0.2, 0.25) is 0 Å². The van der Waals surface area contributed by atoms with Gasteiger partial charge in [-0.2, -0.15) is 0 Å². The molecule has 4 heteroatoms. The molecule has 0 saturated carbocycles. The number of rotatable bonds is 5. The molecule has 0 bridgehead atoms. The quantitative estimate of drug-likeness (QED) is 0.159. The zero-order chi connectivity index (χ0) is 45.1. The molecule has 2 aliphatic carbocycles. The van der Waals surface area contributed by atoms with Gasteiger partial charge in [-0.3, -0.25) is 0 Å². The summed E-state index contributed by atoms with van der Waals surface area (Å²) in [6, 6.07) is 61.7. The van der Waals surface area contributed by atoms with E-state index in [1.807, 2.05) is 0 Å². The molecule has 324 valence electrons. The molecule has 0 amide bonds. The maximum Gasteiger partial charge on any atom is 0.264 e. The number of benzene rings is 7. The Labute approximate surface area is 396 Å². The predicted octanol–water partition coefficient (Wildman–Crippen LogP) is 16.4. The molecular formula is C62H57BN2S. The molecule has 2 aliphatic heterocycles. The third-order valence-corrected chi connectivity index (χ3v) is 16.7. The van der Waals surface area contributed by atoms with Crippen LogP contribution in [0.4, 0.5) is 28.4 Å². The summed E-state index contributed by atoms with van der Waals surface area (Å²) in [6.07, 6.45) is 7.06. The second kappa shape index (κ2) is 15.1. The zero-order valence-corrected chi connectivity index (χ0v) is 40.2. The Kier molecular flexibility index (Phi) is 9.40. The van der Waals surface area contributed by atoms with Crippen molar-refractivity contribution in [3.63, 3.8) is 0 Å². The van der Waals surface area contributed by atoms with Gasteiger partial charge < -0.3 is 9.80 Å². The van der Waals surface area contributed by atoms with Crippen LogP contribution in [0.1, 0.15) is 85.3 Å². The van der Waals surface area contributed by atoms with E-state index in [2.05, 4.69) is 239 Å². The summed E-state index contributed by atoms with van der Waals surface area (Å²) in [5, 5.41) is 1.37. The van der Waals surface area contributed by atoms with Crippen LogP contribution in [0, 0.1) is 5.41 Å². The third-order valence-electron chi connectivity index (χ3n) is 15.5. The highest BCUT2D eigenvalue weighted by molar-refractivity contribution is 7.33. The van der Waals surface area contributed by atoms with Crippen molar-refractivity contribution in [3.05, 3.63) is 198 Å². The van der Waals surface area contributed by atoms with E-state index < -0.39 is 0 Å². The first-order valence-electron chi connectivity index (χ1n) is 24.0. The van der Waals surface area contributed by atoms with Crippen molar-refractivity contribution in [3.8, 4) is 33.4 Å². The first kappa shape index (κ1) is 41.1. The molecule has 4 aliphatic rings. The maximum absolute atomic E-state index is 2.70. The minimum Gasteiger partial charge on any atom is -0.315 e. The summed E-state index contributed by atoms with van der Waals surface area (Å²) in [7, 11) is 0. The highest BCUT2D eigenvalue weighted by Gasteiger charge is 2.48. The Balaban J connectivity index is 1.19. The van der Waals surface area contributed by atoms with Gasteiger partial charge in [0.1, 0.15) is 0 Å². The van der Waals surface area contributed by atoms with Crippen LogP contribution in [0.2, 0.25) is 0 Å². The average Bonchev–Trinajstić information content (AvgIpc) is 3.71. The lowest BCUT2D eigenvalue weighted by Gasteiger charge is -2.46. The average molecular weight is 873 g/mol. The lowest BCUT2D eigenvalue weighted by atomic mass is 9.35. The summed E-state index contributed by atoms with van der Waals surface area (Å²) in [5.74, 6) is 0. The van der Waals surface area contributed by atoms with Crippen molar-refractivity contribution < 1.29 is 0 Å². The van der Waals surface area contributed by atoms with E-state index in [1.54, 1.807) is 0 Å². The Hall–Kier alpha value is -6.36. The van der Waals surface area contributed by atoms with E-state index in [0.717, 1.165) is 12.8 Å². The predicted molar refractivity (Wildman–Crippen MR) is 286 cm³/mol. The minimum absolute atomic E-state index is 0.0584. The molecule has 0 atom stereocenters. The van der Waals surface area contributed by atoms with Gasteiger partial charge in [-0.15, -0.1) is 11.3 Å². The van der Waals surface area contributed by atoms with Gasteiger partial charge in [0.15, 0.2) is 0 Å². The fraction of sp³-hybridized carbons (Fsp3) is 0.226. The summed E-state index contributed by atoms with van der Waals surface area (Å²) in [6.45, 7) is 17.2. The van der Waals surface area contributed by atoms with Crippen molar-refractivity contribution in [1.82, 2.24) is 0 Å². The van der Waals surface area contributed by atoms with Crippen LogP contribution >= 0.6 is 11.3 Å². The summed E-state index contributed by atoms with van der Waals surface area (Å²) >= 11 is 2.05. The van der Waals surface area contributed by atoms with Crippen LogP contribution in [0.25, 0.3) is 43.5 Å². The van der Waals surface area contributed by atoms with Crippen LogP contribution in [0.3, 0.4) is 0 Å². The monoisotopic (exact) mass is 872 g/mol. The van der Waals surface area contributed by atoms with E-state index in [4.69, 9.17) is 0 Å². The molecule has 0 N–H and O–H groups in total. The summed E-state index contributed by atoms with van der Waals surface area (Å²) < 4.78 is 2.84. The molecule has 0 saturated heterocycles. The fourth-order valence-corrected chi connectivity index (χ4v) is 13.0. The number of anilines is 5. The highest BCUT2D eigenvalue weighted by Crippen LogP contribution is 2.55. The van der Waals surface area contributed by atoms with Crippen LogP contribution in [0.15, 0.2) is 187 Å². The van der Waals surface area contributed by atoms with E-state index >= 15 is 0 Å². The molecule has 0 fully saturated rings. The van der Waals surface area contributed by atoms with Gasteiger partial charge in [-0.1, -0.05) is 181 Å². The van der Waals surface area contributed by atoms with Crippen LogP contribution in [-0.4, -0.2) is 6.71 Å². The number of thiophene rings is 1. The van der Waals surface area contributed by atoms with Gasteiger partial charge in [-0.05, 0) is 134 Å².